The largest absolute Gasteiger partial charge is 0.325 e. The normalized spacial score (nSPS) is 21.8. The number of aromatic nitrogens is 3. The minimum atomic E-state index is -0.431. The lowest BCUT2D eigenvalue weighted by Crippen LogP contribution is -2.44. The maximum Gasteiger partial charge on any atom is 0.266 e. The van der Waals surface area contributed by atoms with E-state index in [2.05, 4.69) is 21.9 Å². The van der Waals surface area contributed by atoms with Gasteiger partial charge < -0.3 is 4.90 Å². The molecule has 2 aromatic rings. The SMILES string of the molecule is Cc1ccnc([C@]2(C)CCCN2C(=O)c2scnc2C)n1. The van der Waals surface area contributed by atoms with E-state index in [-0.39, 0.29) is 5.91 Å². The molecule has 1 saturated heterocycles. The average Bonchev–Trinajstić information content (AvgIpc) is 3.05. The third-order valence-corrected chi connectivity index (χ3v) is 5.02. The van der Waals surface area contributed by atoms with Crippen LogP contribution in [0.5, 0.6) is 0 Å². The fraction of sp³-hybridized carbons (Fsp3) is 0.467. The molecule has 1 amide bonds. The third kappa shape index (κ3) is 2.33. The first-order valence-corrected chi connectivity index (χ1v) is 7.92. The fourth-order valence-corrected chi connectivity index (χ4v) is 3.61. The summed E-state index contributed by atoms with van der Waals surface area (Å²) in [7, 11) is 0. The highest BCUT2D eigenvalue weighted by Crippen LogP contribution is 2.38. The Morgan fingerprint density at radius 2 is 2.19 bits per heavy atom. The van der Waals surface area contributed by atoms with Gasteiger partial charge in [-0.15, -0.1) is 11.3 Å². The molecule has 5 nitrogen and oxygen atoms in total. The van der Waals surface area contributed by atoms with Crippen molar-refractivity contribution in [2.75, 3.05) is 6.54 Å². The summed E-state index contributed by atoms with van der Waals surface area (Å²) in [4.78, 5) is 28.6. The first-order chi connectivity index (χ1) is 10.0. The maximum absolute atomic E-state index is 12.8. The van der Waals surface area contributed by atoms with Crippen LogP contribution in [-0.4, -0.2) is 32.3 Å². The van der Waals surface area contributed by atoms with E-state index >= 15 is 0 Å². The number of aryl methyl sites for hydroxylation is 2. The second-order valence-corrected chi connectivity index (χ2v) is 6.48. The van der Waals surface area contributed by atoms with Gasteiger partial charge in [0.15, 0.2) is 5.82 Å². The Kier molecular flexibility index (Phi) is 3.49. The van der Waals surface area contributed by atoms with Gasteiger partial charge in [0.05, 0.1) is 11.2 Å². The van der Waals surface area contributed by atoms with Crippen LogP contribution in [0.15, 0.2) is 17.8 Å². The molecule has 0 N–H and O–H groups in total. The van der Waals surface area contributed by atoms with E-state index in [0.29, 0.717) is 0 Å². The van der Waals surface area contributed by atoms with Gasteiger partial charge in [-0.05, 0) is 39.7 Å². The van der Waals surface area contributed by atoms with E-state index < -0.39 is 5.54 Å². The van der Waals surface area contributed by atoms with Crippen LogP contribution >= 0.6 is 11.3 Å². The second kappa shape index (κ2) is 5.18. The van der Waals surface area contributed by atoms with Gasteiger partial charge in [-0.25, -0.2) is 15.0 Å². The van der Waals surface area contributed by atoms with E-state index in [9.17, 15) is 4.79 Å². The summed E-state index contributed by atoms with van der Waals surface area (Å²) < 4.78 is 0. The quantitative estimate of drug-likeness (QED) is 0.856. The van der Waals surface area contributed by atoms with E-state index in [1.807, 2.05) is 24.8 Å². The number of likely N-dealkylation sites (tertiary alicyclic amines) is 1. The van der Waals surface area contributed by atoms with Gasteiger partial charge in [-0.2, -0.15) is 0 Å². The Hall–Kier alpha value is -1.82. The van der Waals surface area contributed by atoms with Gasteiger partial charge in [-0.3, -0.25) is 4.79 Å². The predicted molar refractivity (Wildman–Crippen MR) is 81.2 cm³/mol. The van der Waals surface area contributed by atoms with Crippen LogP contribution in [0.1, 0.15) is 46.6 Å². The highest BCUT2D eigenvalue weighted by atomic mass is 32.1. The standard InChI is InChI=1S/C15H18N4OS/c1-10-5-7-16-14(18-10)15(3)6-4-8-19(15)13(20)12-11(2)17-9-21-12/h5,7,9H,4,6,8H2,1-3H3/t15-/m0/s1. The third-order valence-electron chi connectivity index (χ3n) is 4.10. The lowest BCUT2D eigenvalue weighted by atomic mass is 9.97. The van der Waals surface area contributed by atoms with Gasteiger partial charge in [-0.1, -0.05) is 0 Å². The Morgan fingerprint density at radius 3 is 2.86 bits per heavy atom. The number of amides is 1. The molecule has 0 saturated carbocycles. The molecule has 0 spiro atoms. The van der Waals surface area contributed by atoms with Crippen LogP contribution in [0.25, 0.3) is 0 Å². The lowest BCUT2D eigenvalue weighted by molar-refractivity contribution is 0.0607. The summed E-state index contributed by atoms with van der Waals surface area (Å²) in [5.74, 6) is 0.774. The van der Waals surface area contributed by atoms with Crippen molar-refractivity contribution in [1.29, 1.82) is 0 Å². The molecule has 0 unspecified atom stereocenters. The molecule has 2 aromatic heterocycles. The van der Waals surface area contributed by atoms with Crippen molar-refractivity contribution in [3.8, 4) is 0 Å². The van der Waals surface area contributed by atoms with Crippen molar-refractivity contribution >= 4 is 17.2 Å². The van der Waals surface area contributed by atoms with Gasteiger partial charge in [0.25, 0.3) is 5.91 Å². The molecule has 3 heterocycles. The molecule has 0 radical (unpaired) electrons. The smallest absolute Gasteiger partial charge is 0.266 e. The summed E-state index contributed by atoms with van der Waals surface area (Å²) in [5.41, 5.74) is 3.01. The molecule has 21 heavy (non-hydrogen) atoms. The Morgan fingerprint density at radius 1 is 1.38 bits per heavy atom. The molecule has 0 aromatic carbocycles. The van der Waals surface area contributed by atoms with E-state index in [1.54, 1.807) is 11.7 Å². The van der Waals surface area contributed by atoms with Gasteiger partial charge >= 0.3 is 0 Å². The van der Waals surface area contributed by atoms with Crippen LogP contribution in [-0.2, 0) is 5.54 Å². The van der Waals surface area contributed by atoms with Crippen molar-refractivity contribution in [3.05, 3.63) is 39.9 Å². The first kappa shape index (κ1) is 14.1. The molecular weight excluding hydrogens is 284 g/mol. The zero-order valence-corrected chi connectivity index (χ0v) is 13.3. The van der Waals surface area contributed by atoms with Crippen LogP contribution in [0, 0.1) is 13.8 Å². The minimum Gasteiger partial charge on any atom is -0.325 e. The molecule has 1 atom stereocenters. The van der Waals surface area contributed by atoms with Crippen LogP contribution in [0.4, 0.5) is 0 Å². The summed E-state index contributed by atoms with van der Waals surface area (Å²) in [6.45, 7) is 6.62. The molecule has 1 fully saturated rings. The van der Waals surface area contributed by atoms with E-state index in [0.717, 1.165) is 41.5 Å². The van der Waals surface area contributed by atoms with Crippen LogP contribution in [0.3, 0.4) is 0 Å². The number of hydrogen-bond donors (Lipinski definition) is 0. The predicted octanol–water partition coefficient (Wildman–Crippen LogP) is 2.70. The Balaban J connectivity index is 1.99. The molecule has 1 aliphatic rings. The van der Waals surface area contributed by atoms with Gasteiger partial charge in [0.2, 0.25) is 0 Å². The number of carbonyl (C=O) groups excluding carboxylic acids is 1. The van der Waals surface area contributed by atoms with Gasteiger partial charge in [0.1, 0.15) is 10.4 Å². The summed E-state index contributed by atoms with van der Waals surface area (Å²) in [6.07, 6.45) is 3.62. The highest BCUT2D eigenvalue weighted by molar-refractivity contribution is 7.11. The lowest BCUT2D eigenvalue weighted by Gasteiger charge is -2.33. The Bertz CT molecular complexity index is 684. The zero-order valence-electron chi connectivity index (χ0n) is 12.5. The molecule has 110 valence electrons. The van der Waals surface area contributed by atoms with Crippen molar-refractivity contribution < 1.29 is 4.79 Å². The number of rotatable bonds is 2. The van der Waals surface area contributed by atoms with Crippen molar-refractivity contribution in [2.24, 2.45) is 0 Å². The van der Waals surface area contributed by atoms with E-state index in [1.165, 1.54) is 11.3 Å². The minimum absolute atomic E-state index is 0.0418. The first-order valence-electron chi connectivity index (χ1n) is 7.04. The van der Waals surface area contributed by atoms with E-state index in [4.69, 9.17) is 0 Å². The van der Waals surface area contributed by atoms with Crippen LogP contribution in [0.2, 0.25) is 0 Å². The number of nitrogens with zero attached hydrogens (tertiary/aromatic N) is 4. The molecule has 0 aliphatic carbocycles. The van der Waals surface area contributed by atoms with Crippen LogP contribution < -0.4 is 0 Å². The Labute approximate surface area is 128 Å². The summed E-state index contributed by atoms with van der Waals surface area (Å²) in [6, 6.07) is 1.88. The molecular formula is C15H18N4OS. The summed E-state index contributed by atoms with van der Waals surface area (Å²) >= 11 is 1.40. The number of thiazole rings is 1. The van der Waals surface area contributed by atoms with Crippen molar-refractivity contribution in [3.63, 3.8) is 0 Å². The number of hydrogen-bond acceptors (Lipinski definition) is 5. The van der Waals surface area contributed by atoms with Gasteiger partial charge in [0, 0.05) is 18.4 Å². The average molecular weight is 302 g/mol. The zero-order chi connectivity index (χ0) is 15.0. The molecule has 1 aliphatic heterocycles. The number of carbonyl (C=O) groups is 1. The van der Waals surface area contributed by atoms with Crippen molar-refractivity contribution in [2.45, 2.75) is 39.2 Å². The molecule has 0 bridgehead atoms. The molecule has 6 heteroatoms. The molecule has 3 rings (SSSR count). The fourth-order valence-electron chi connectivity index (χ4n) is 2.86. The highest BCUT2D eigenvalue weighted by Gasteiger charge is 2.44. The summed E-state index contributed by atoms with van der Waals surface area (Å²) in [5, 5.41) is 0. The monoisotopic (exact) mass is 302 g/mol. The second-order valence-electron chi connectivity index (χ2n) is 5.62. The van der Waals surface area contributed by atoms with Crippen molar-refractivity contribution in [1.82, 2.24) is 19.9 Å². The maximum atomic E-state index is 12.8. The topological polar surface area (TPSA) is 59.0 Å².